The van der Waals surface area contributed by atoms with Gasteiger partial charge in [0.15, 0.2) is 0 Å². The quantitative estimate of drug-likeness (QED) is 0.391. The SMILES string of the molecule is CC(C)CN(C[C@@H](O)C(Cc1ccccc1)NC(=O)C1CCC(F)(F)C1)S(=O)(=O)c1ccc(N)cc1. The predicted octanol–water partition coefficient (Wildman–Crippen LogP) is 3.44. The van der Waals surface area contributed by atoms with Crippen molar-refractivity contribution in [2.24, 2.45) is 11.8 Å². The summed E-state index contributed by atoms with van der Waals surface area (Å²) >= 11 is 0. The van der Waals surface area contributed by atoms with Crippen LogP contribution in [0.3, 0.4) is 0 Å². The minimum Gasteiger partial charge on any atom is -0.399 e. The van der Waals surface area contributed by atoms with Gasteiger partial charge in [0.2, 0.25) is 21.9 Å². The predicted molar refractivity (Wildman–Crippen MR) is 135 cm³/mol. The normalized spacial score (nSPS) is 19.4. The van der Waals surface area contributed by atoms with Crippen LogP contribution in [0.25, 0.3) is 0 Å². The molecule has 10 heteroatoms. The Kier molecular flexibility index (Phi) is 9.08. The Morgan fingerprint density at radius 3 is 2.33 bits per heavy atom. The van der Waals surface area contributed by atoms with Gasteiger partial charge in [0, 0.05) is 37.5 Å². The number of benzene rings is 2. The number of nitrogens with one attached hydrogen (secondary N) is 1. The monoisotopic (exact) mass is 523 g/mol. The minimum atomic E-state index is -3.97. The average molecular weight is 524 g/mol. The molecule has 3 atom stereocenters. The first-order valence-corrected chi connectivity index (χ1v) is 13.6. The zero-order valence-corrected chi connectivity index (χ0v) is 21.4. The molecule has 1 amide bonds. The van der Waals surface area contributed by atoms with Gasteiger partial charge in [0.25, 0.3) is 0 Å². The summed E-state index contributed by atoms with van der Waals surface area (Å²) in [4.78, 5) is 12.9. The summed E-state index contributed by atoms with van der Waals surface area (Å²) in [6.45, 7) is 3.59. The van der Waals surface area contributed by atoms with Gasteiger partial charge in [0.05, 0.1) is 17.0 Å². The molecule has 4 N–H and O–H groups in total. The highest BCUT2D eigenvalue weighted by molar-refractivity contribution is 7.89. The number of alkyl halides is 2. The Morgan fingerprint density at radius 2 is 1.78 bits per heavy atom. The molecule has 2 aromatic rings. The van der Waals surface area contributed by atoms with Crippen LogP contribution in [0.1, 0.15) is 38.7 Å². The molecule has 0 spiro atoms. The first kappa shape index (κ1) is 28.0. The molecule has 0 aliphatic heterocycles. The Bertz CT molecular complexity index is 1110. The molecule has 1 aliphatic rings. The molecule has 36 heavy (non-hydrogen) atoms. The molecule has 0 saturated heterocycles. The van der Waals surface area contributed by atoms with Crippen molar-refractivity contribution in [3.8, 4) is 0 Å². The van der Waals surface area contributed by atoms with E-state index in [-0.39, 0.29) is 43.2 Å². The van der Waals surface area contributed by atoms with Crippen LogP contribution in [0, 0.1) is 11.8 Å². The number of rotatable bonds is 11. The largest absolute Gasteiger partial charge is 0.399 e. The first-order valence-electron chi connectivity index (χ1n) is 12.1. The van der Waals surface area contributed by atoms with Gasteiger partial charge in [0.1, 0.15) is 0 Å². The Labute approximate surface area is 211 Å². The number of halogens is 2. The zero-order chi connectivity index (χ0) is 26.5. The van der Waals surface area contributed by atoms with Crippen LogP contribution >= 0.6 is 0 Å². The summed E-state index contributed by atoms with van der Waals surface area (Å²) in [5, 5.41) is 14.0. The van der Waals surface area contributed by atoms with Crippen LogP contribution < -0.4 is 11.1 Å². The highest BCUT2D eigenvalue weighted by Crippen LogP contribution is 2.39. The fourth-order valence-corrected chi connectivity index (χ4v) is 6.05. The number of hydrogen-bond donors (Lipinski definition) is 3. The fraction of sp³-hybridized carbons (Fsp3) is 0.500. The van der Waals surface area contributed by atoms with Crippen LogP contribution in [0.15, 0.2) is 59.5 Å². The van der Waals surface area contributed by atoms with Crippen molar-refractivity contribution in [1.29, 1.82) is 0 Å². The summed E-state index contributed by atoms with van der Waals surface area (Å²) in [5.74, 6) is -4.32. The second kappa shape index (κ2) is 11.7. The number of aliphatic hydroxyl groups is 1. The number of anilines is 1. The smallest absolute Gasteiger partial charge is 0.248 e. The van der Waals surface area contributed by atoms with Gasteiger partial charge in [-0.05, 0) is 48.6 Å². The van der Waals surface area contributed by atoms with Crippen LogP contribution in [0.5, 0.6) is 0 Å². The van der Waals surface area contributed by atoms with Gasteiger partial charge in [-0.2, -0.15) is 4.31 Å². The lowest BCUT2D eigenvalue weighted by Crippen LogP contribution is -2.52. The number of amides is 1. The van der Waals surface area contributed by atoms with Crippen molar-refractivity contribution in [1.82, 2.24) is 9.62 Å². The summed E-state index contributed by atoms with van der Waals surface area (Å²) in [6.07, 6.45) is -1.87. The van der Waals surface area contributed by atoms with Crippen molar-refractivity contribution < 1.29 is 27.1 Å². The lowest BCUT2D eigenvalue weighted by atomic mass is 9.99. The van der Waals surface area contributed by atoms with E-state index in [9.17, 15) is 27.1 Å². The first-order chi connectivity index (χ1) is 16.9. The van der Waals surface area contributed by atoms with Gasteiger partial charge in [-0.15, -0.1) is 0 Å². The standard InChI is InChI=1S/C26H35F2N3O4S/c1-18(2)16-31(36(34,35)22-10-8-21(29)9-11-22)17-24(32)23(14-19-6-4-3-5-7-19)30-25(33)20-12-13-26(27,28)15-20/h3-11,18,20,23-24,32H,12-17,29H2,1-2H3,(H,30,33)/t20?,23?,24-/m1/s1. The molecule has 3 rings (SSSR count). The van der Waals surface area contributed by atoms with Gasteiger partial charge in [-0.25, -0.2) is 17.2 Å². The Morgan fingerprint density at radius 1 is 1.14 bits per heavy atom. The summed E-state index contributed by atoms with van der Waals surface area (Å²) < 4.78 is 55.4. The molecule has 198 valence electrons. The van der Waals surface area contributed by atoms with E-state index in [4.69, 9.17) is 5.73 Å². The van der Waals surface area contributed by atoms with E-state index in [2.05, 4.69) is 5.32 Å². The molecule has 1 fully saturated rings. The molecule has 7 nitrogen and oxygen atoms in total. The van der Waals surface area contributed by atoms with E-state index >= 15 is 0 Å². The molecule has 2 aromatic carbocycles. The molecule has 0 aromatic heterocycles. The van der Waals surface area contributed by atoms with Crippen LogP contribution in [0.4, 0.5) is 14.5 Å². The van der Waals surface area contributed by atoms with Crippen molar-refractivity contribution >= 4 is 21.6 Å². The maximum atomic E-state index is 13.7. The van der Waals surface area contributed by atoms with E-state index in [1.807, 2.05) is 44.2 Å². The number of nitrogen functional groups attached to an aromatic ring is 1. The molecule has 0 bridgehead atoms. The highest BCUT2D eigenvalue weighted by Gasteiger charge is 2.43. The van der Waals surface area contributed by atoms with E-state index < -0.39 is 46.3 Å². The topological polar surface area (TPSA) is 113 Å². The van der Waals surface area contributed by atoms with Gasteiger partial charge < -0.3 is 16.2 Å². The number of aliphatic hydroxyl groups excluding tert-OH is 1. The van der Waals surface area contributed by atoms with Gasteiger partial charge >= 0.3 is 0 Å². The molecular formula is C26H35F2N3O4S. The molecular weight excluding hydrogens is 488 g/mol. The summed E-state index contributed by atoms with van der Waals surface area (Å²) in [7, 11) is -3.97. The van der Waals surface area contributed by atoms with Gasteiger partial charge in [-0.1, -0.05) is 44.2 Å². The second-order valence-corrected chi connectivity index (χ2v) is 11.9. The third-order valence-electron chi connectivity index (χ3n) is 6.34. The number of carbonyl (C=O) groups is 1. The summed E-state index contributed by atoms with van der Waals surface area (Å²) in [6, 6.07) is 14.0. The Balaban J connectivity index is 1.83. The molecule has 2 unspecified atom stereocenters. The molecule has 0 heterocycles. The number of carbonyl (C=O) groups excluding carboxylic acids is 1. The van der Waals surface area contributed by atoms with Crippen molar-refractivity contribution in [2.45, 2.75) is 62.5 Å². The number of nitrogens with two attached hydrogens (primary N) is 1. The van der Waals surface area contributed by atoms with Crippen LogP contribution in [0.2, 0.25) is 0 Å². The average Bonchev–Trinajstić information content (AvgIpc) is 3.18. The second-order valence-electron chi connectivity index (χ2n) is 9.95. The van der Waals surface area contributed by atoms with E-state index in [1.165, 1.54) is 28.6 Å². The van der Waals surface area contributed by atoms with Crippen LogP contribution in [-0.2, 0) is 21.2 Å². The zero-order valence-electron chi connectivity index (χ0n) is 20.6. The lowest BCUT2D eigenvalue weighted by molar-refractivity contribution is -0.127. The maximum absolute atomic E-state index is 13.7. The van der Waals surface area contributed by atoms with Crippen molar-refractivity contribution in [3.05, 3.63) is 60.2 Å². The molecule has 1 saturated carbocycles. The third kappa shape index (κ3) is 7.47. The maximum Gasteiger partial charge on any atom is 0.248 e. The Hall–Kier alpha value is -2.56. The lowest BCUT2D eigenvalue weighted by Gasteiger charge is -2.31. The number of hydrogen-bond acceptors (Lipinski definition) is 5. The van der Waals surface area contributed by atoms with Crippen molar-refractivity contribution in [3.63, 3.8) is 0 Å². The van der Waals surface area contributed by atoms with Gasteiger partial charge in [-0.3, -0.25) is 4.79 Å². The number of nitrogens with zero attached hydrogens (tertiary/aromatic N) is 1. The highest BCUT2D eigenvalue weighted by atomic mass is 32.2. The van der Waals surface area contributed by atoms with Crippen molar-refractivity contribution in [2.75, 3.05) is 18.8 Å². The fourth-order valence-electron chi connectivity index (χ4n) is 4.43. The number of sulfonamides is 1. The van der Waals surface area contributed by atoms with E-state index in [0.29, 0.717) is 5.69 Å². The third-order valence-corrected chi connectivity index (χ3v) is 8.19. The summed E-state index contributed by atoms with van der Waals surface area (Å²) in [5.41, 5.74) is 6.94. The minimum absolute atomic E-state index is 0.0383. The van der Waals surface area contributed by atoms with E-state index in [0.717, 1.165) is 5.56 Å². The molecule has 1 aliphatic carbocycles. The van der Waals surface area contributed by atoms with Crippen LogP contribution in [-0.4, -0.2) is 54.9 Å². The molecule has 0 radical (unpaired) electrons. The van der Waals surface area contributed by atoms with E-state index in [1.54, 1.807) is 0 Å².